The van der Waals surface area contributed by atoms with Crippen molar-refractivity contribution in [3.05, 3.63) is 12.2 Å². The van der Waals surface area contributed by atoms with Crippen molar-refractivity contribution in [3.8, 4) is 0 Å². The predicted molar refractivity (Wildman–Crippen MR) is 72.3 cm³/mol. The number of piperidine rings is 1. The van der Waals surface area contributed by atoms with Gasteiger partial charge in [-0.1, -0.05) is 6.42 Å². The largest absolute Gasteiger partial charge is 0.320 e. The highest BCUT2D eigenvalue weighted by Crippen LogP contribution is 2.21. The average Bonchev–Trinajstić information content (AvgIpc) is 2.85. The van der Waals surface area contributed by atoms with Gasteiger partial charge in [-0.3, -0.25) is 4.90 Å². The summed E-state index contributed by atoms with van der Waals surface area (Å²) in [6.07, 6.45) is 6.91. The molecule has 0 spiro atoms. The fourth-order valence-corrected chi connectivity index (χ4v) is 2.76. The molecule has 102 valence electrons. The summed E-state index contributed by atoms with van der Waals surface area (Å²) < 4.78 is 2.00. The van der Waals surface area contributed by atoms with Crippen LogP contribution in [0.15, 0.2) is 6.33 Å². The second-order valence-electron chi connectivity index (χ2n) is 5.00. The molecule has 0 saturated carbocycles. The van der Waals surface area contributed by atoms with E-state index in [2.05, 4.69) is 27.2 Å². The van der Waals surface area contributed by atoms with Crippen LogP contribution in [0.5, 0.6) is 0 Å². The van der Waals surface area contributed by atoms with Crippen molar-refractivity contribution >= 4 is 0 Å². The maximum absolute atomic E-state index is 4.39. The number of nitrogens with zero attached hydrogens (tertiary/aromatic N) is 4. The summed E-state index contributed by atoms with van der Waals surface area (Å²) in [6.45, 7) is 6.27. The van der Waals surface area contributed by atoms with Crippen LogP contribution in [0.4, 0.5) is 0 Å². The lowest BCUT2D eigenvalue weighted by Crippen LogP contribution is -2.41. The van der Waals surface area contributed by atoms with Crippen molar-refractivity contribution in [2.75, 3.05) is 20.1 Å². The first-order valence-electron chi connectivity index (χ1n) is 7.10. The second kappa shape index (κ2) is 6.85. The Balaban J connectivity index is 1.96. The van der Waals surface area contributed by atoms with Crippen LogP contribution in [-0.4, -0.2) is 45.8 Å². The van der Waals surface area contributed by atoms with Gasteiger partial charge in [-0.05, 0) is 46.3 Å². The first kappa shape index (κ1) is 13.5. The molecule has 0 amide bonds. The SMILES string of the molecule is CCn1ncnc1CN1CCCCC1CCNC. The summed E-state index contributed by atoms with van der Waals surface area (Å²) in [7, 11) is 2.03. The first-order valence-corrected chi connectivity index (χ1v) is 7.10. The maximum Gasteiger partial charge on any atom is 0.141 e. The molecule has 1 aromatic rings. The molecule has 0 aliphatic carbocycles. The third-order valence-corrected chi connectivity index (χ3v) is 3.82. The molecule has 1 unspecified atom stereocenters. The summed E-state index contributed by atoms with van der Waals surface area (Å²) in [5.74, 6) is 1.11. The molecule has 1 aliphatic rings. The molecule has 2 rings (SSSR count). The van der Waals surface area contributed by atoms with Gasteiger partial charge in [0.2, 0.25) is 0 Å². The topological polar surface area (TPSA) is 46.0 Å². The zero-order chi connectivity index (χ0) is 12.8. The van der Waals surface area contributed by atoms with Crippen molar-refractivity contribution in [1.29, 1.82) is 0 Å². The second-order valence-corrected chi connectivity index (χ2v) is 5.00. The van der Waals surface area contributed by atoms with Crippen LogP contribution in [-0.2, 0) is 13.1 Å². The molecule has 0 aromatic carbocycles. The van der Waals surface area contributed by atoms with E-state index in [4.69, 9.17) is 0 Å². The molecule has 1 aliphatic heterocycles. The quantitative estimate of drug-likeness (QED) is 0.827. The summed E-state index contributed by atoms with van der Waals surface area (Å²) in [5.41, 5.74) is 0. The summed E-state index contributed by atoms with van der Waals surface area (Å²) in [6, 6.07) is 0.702. The van der Waals surface area contributed by atoms with Crippen LogP contribution in [0.2, 0.25) is 0 Å². The van der Waals surface area contributed by atoms with Crippen molar-refractivity contribution in [2.45, 2.75) is 51.7 Å². The lowest BCUT2D eigenvalue weighted by Gasteiger charge is -2.35. The van der Waals surface area contributed by atoms with Gasteiger partial charge < -0.3 is 5.32 Å². The fraction of sp³-hybridized carbons (Fsp3) is 0.846. The van der Waals surface area contributed by atoms with Crippen LogP contribution in [0, 0.1) is 0 Å². The van der Waals surface area contributed by atoms with Gasteiger partial charge in [0.25, 0.3) is 0 Å². The van der Waals surface area contributed by atoms with Gasteiger partial charge >= 0.3 is 0 Å². The zero-order valence-corrected chi connectivity index (χ0v) is 11.6. The third-order valence-electron chi connectivity index (χ3n) is 3.82. The van der Waals surface area contributed by atoms with Crippen molar-refractivity contribution in [1.82, 2.24) is 25.0 Å². The summed E-state index contributed by atoms with van der Waals surface area (Å²) in [4.78, 5) is 6.97. The van der Waals surface area contributed by atoms with Crippen LogP contribution < -0.4 is 5.32 Å². The molecule has 5 heteroatoms. The fourth-order valence-electron chi connectivity index (χ4n) is 2.76. The van der Waals surface area contributed by atoms with Gasteiger partial charge in [0, 0.05) is 12.6 Å². The molecule has 5 nitrogen and oxygen atoms in total. The molecule has 1 aromatic heterocycles. The molecule has 18 heavy (non-hydrogen) atoms. The minimum Gasteiger partial charge on any atom is -0.320 e. The predicted octanol–water partition coefficient (Wildman–Crippen LogP) is 1.26. The maximum atomic E-state index is 4.39. The van der Waals surface area contributed by atoms with Crippen LogP contribution in [0.1, 0.15) is 38.4 Å². The molecule has 2 heterocycles. The van der Waals surface area contributed by atoms with E-state index < -0.39 is 0 Å². The van der Waals surface area contributed by atoms with Gasteiger partial charge in [-0.25, -0.2) is 9.67 Å². The lowest BCUT2D eigenvalue weighted by molar-refractivity contribution is 0.127. The van der Waals surface area contributed by atoms with E-state index in [1.54, 1.807) is 6.33 Å². The van der Waals surface area contributed by atoms with E-state index in [0.717, 1.165) is 25.5 Å². The Morgan fingerprint density at radius 1 is 1.44 bits per heavy atom. The Morgan fingerprint density at radius 2 is 2.33 bits per heavy atom. The van der Waals surface area contributed by atoms with Crippen LogP contribution in [0.3, 0.4) is 0 Å². The number of likely N-dealkylation sites (tertiary alicyclic amines) is 1. The normalized spacial score (nSPS) is 21.3. The van der Waals surface area contributed by atoms with Gasteiger partial charge in [-0.15, -0.1) is 0 Å². The van der Waals surface area contributed by atoms with E-state index in [1.807, 2.05) is 11.7 Å². The molecule has 1 saturated heterocycles. The Hall–Kier alpha value is -0.940. The molecular weight excluding hydrogens is 226 g/mol. The number of hydrogen-bond donors (Lipinski definition) is 1. The molecule has 1 N–H and O–H groups in total. The molecule has 1 atom stereocenters. The Labute approximate surface area is 110 Å². The van der Waals surface area contributed by atoms with Gasteiger partial charge in [-0.2, -0.15) is 5.10 Å². The van der Waals surface area contributed by atoms with E-state index in [1.165, 1.54) is 32.2 Å². The van der Waals surface area contributed by atoms with E-state index in [-0.39, 0.29) is 0 Å². The number of hydrogen-bond acceptors (Lipinski definition) is 4. The van der Waals surface area contributed by atoms with E-state index in [9.17, 15) is 0 Å². The number of aryl methyl sites for hydroxylation is 1. The highest BCUT2D eigenvalue weighted by molar-refractivity contribution is 4.88. The number of nitrogens with one attached hydrogen (secondary N) is 1. The van der Waals surface area contributed by atoms with Crippen molar-refractivity contribution in [3.63, 3.8) is 0 Å². The van der Waals surface area contributed by atoms with E-state index in [0.29, 0.717) is 6.04 Å². The van der Waals surface area contributed by atoms with Gasteiger partial charge in [0.15, 0.2) is 0 Å². The molecule has 0 bridgehead atoms. The Bertz CT molecular complexity index is 349. The van der Waals surface area contributed by atoms with Crippen molar-refractivity contribution < 1.29 is 0 Å². The smallest absolute Gasteiger partial charge is 0.141 e. The first-order chi connectivity index (χ1) is 8.85. The zero-order valence-electron chi connectivity index (χ0n) is 11.6. The average molecular weight is 251 g/mol. The third kappa shape index (κ3) is 3.29. The number of rotatable bonds is 6. The Morgan fingerprint density at radius 3 is 3.11 bits per heavy atom. The molecule has 1 fully saturated rings. The van der Waals surface area contributed by atoms with Gasteiger partial charge in [0.05, 0.1) is 6.54 Å². The Kier molecular flexibility index (Phi) is 5.13. The standard InChI is InChI=1S/C13H25N5/c1-3-18-13(15-11-16-18)10-17-9-5-4-6-12(17)7-8-14-2/h11-12,14H,3-10H2,1-2H3. The number of aromatic nitrogens is 3. The summed E-state index contributed by atoms with van der Waals surface area (Å²) >= 11 is 0. The highest BCUT2D eigenvalue weighted by atomic mass is 15.3. The lowest BCUT2D eigenvalue weighted by atomic mass is 9.99. The molecular formula is C13H25N5. The summed E-state index contributed by atoms with van der Waals surface area (Å²) in [5, 5.41) is 7.51. The van der Waals surface area contributed by atoms with Crippen LogP contribution >= 0.6 is 0 Å². The van der Waals surface area contributed by atoms with Crippen LogP contribution in [0.25, 0.3) is 0 Å². The minimum absolute atomic E-state index is 0.702. The van der Waals surface area contributed by atoms with E-state index >= 15 is 0 Å². The minimum atomic E-state index is 0.702. The monoisotopic (exact) mass is 251 g/mol. The van der Waals surface area contributed by atoms with Gasteiger partial charge in [0.1, 0.15) is 12.2 Å². The van der Waals surface area contributed by atoms with Crippen molar-refractivity contribution in [2.24, 2.45) is 0 Å². The highest BCUT2D eigenvalue weighted by Gasteiger charge is 2.23. The molecule has 0 radical (unpaired) electrons.